The minimum absolute atomic E-state index is 0.0576. The number of thioether (sulfide) groups is 1. The lowest BCUT2D eigenvalue weighted by Gasteiger charge is -2.14. The topological polar surface area (TPSA) is 146 Å². The van der Waals surface area contributed by atoms with Crippen molar-refractivity contribution in [1.29, 1.82) is 0 Å². The lowest BCUT2D eigenvalue weighted by Crippen LogP contribution is -2.31. The predicted octanol–water partition coefficient (Wildman–Crippen LogP) is 3.25. The standard InChI is InChI=1S/C21H16N4O7S/c1-2-31-20(28)12-6-8-14(9-7-12)24-17(26)11-16(19(24)27)33-21-23-22-18(32-21)13-4-3-5-15(10-13)25(29)30/h3-10,16H,2,11H2,1H3. The highest BCUT2D eigenvalue weighted by molar-refractivity contribution is 8.00. The number of amides is 2. The van der Waals surface area contributed by atoms with Gasteiger partial charge in [0.15, 0.2) is 0 Å². The number of hydrogen-bond acceptors (Lipinski definition) is 10. The van der Waals surface area contributed by atoms with Gasteiger partial charge in [0.25, 0.3) is 10.9 Å². The second kappa shape index (κ2) is 9.20. The van der Waals surface area contributed by atoms with Crippen molar-refractivity contribution in [2.24, 2.45) is 0 Å². The van der Waals surface area contributed by atoms with Crippen molar-refractivity contribution in [3.8, 4) is 11.5 Å². The van der Waals surface area contributed by atoms with Gasteiger partial charge in [0, 0.05) is 24.1 Å². The van der Waals surface area contributed by atoms with E-state index in [0.29, 0.717) is 16.8 Å². The fourth-order valence-corrected chi connectivity index (χ4v) is 4.07. The van der Waals surface area contributed by atoms with E-state index in [0.717, 1.165) is 16.7 Å². The summed E-state index contributed by atoms with van der Waals surface area (Å²) in [4.78, 5) is 48.6. The number of nitro benzene ring substituents is 1. The lowest BCUT2D eigenvalue weighted by molar-refractivity contribution is -0.384. The van der Waals surface area contributed by atoms with E-state index in [-0.39, 0.29) is 29.8 Å². The molecule has 12 heteroatoms. The molecule has 1 unspecified atom stereocenters. The van der Waals surface area contributed by atoms with Crippen molar-refractivity contribution in [3.05, 3.63) is 64.2 Å². The molecule has 1 atom stereocenters. The van der Waals surface area contributed by atoms with Crippen LogP contribution in [0.5, 0.6) is 0 Å². The SMILES string of the molecule is CCOC(=O)c1ccc(N2C(=O)CC(Sc3nnc(-c4cccc([N+](=O)[O-])c4)o3)C2=O)cc1. The van der Waals surface area contributed by atoms with Crippen LogP contribution >= 0.6 is 11.8 Å². The molecule has 0 saturated carbocycles. The molecule has 1 aliphatic rings. The van der Waals surface area contributed by atoms with E-state index in [1.54, 1.807) is 13.0 Å². The summed E-state index contributed by atoms with van der Waals surface area (Å²) < 4.78 is 10.5. The Labute approximate surface area is 190 Å². The largest absolute Gasteiger partial charge is 0.462 e. The van der Waals surface area contributed by atoms with Gasteiger partial charge in [-0.2, -0.15) is 0 Å². The zero-order valence-electron chi connectivity index (χ0n) is 17.2. The Balaban J connectivity index is 1.47. The first kappa shape index (κ1) is 22.1. The molecule has 1 aliphatic heterocycles. The molecule has 2 heterocycles. The molecular formula is C21H16N4O7S. The Hall–Kier alpha value is -4.06. The molecule has 2 amide bonds. The molecule has 2 aromatic carbocycles. The number of hydrogen-bond donors (Lipinski definition) is 0. The molecule has 4 rings (SSSR count). The molecule has 1 fully saturated rings. The zero-order valence-corrected chi connectivity index (χ0v) is 18.0. The van der Waals surface area contributed by atoms with Crippen LogP contribution < -0.4 is 4.90 Å². The molecule has 0 bridgehead atoms. The summed E-state index contributed by atoms with van der Waals surface area (Å²) in [5, 5.41) is 18.0. The normalized spacial score (nSPS) is 15.7. The number of esters is 1. The second-order valence-corrected chi connectivity index (χ2v) is 7.98. The van der Waals surface area contributed by atoms with Crippen LogP contribution in [0.25, 0.3) is 11.5 Å². The van der Waals surface area contributed by atoms with Crippen LogP contribution in [-0.4, -0.2) is 44.8 Å². The second-order valence-electron chi connectivity index (χ2n) is 6.83. The fraction of sp³-hybridized carbons (Fsp3) is 0.190. The van der Waals surface area contributed by atoms with Gasteiger partial charge in [-0.25, -0.2) is 9.69 Å². The molecular weight excluding hydrogens is 452 g/mol. The van der Waals surface area contributed by atoms with Crippen LogP contribution in [-0.2, 0) is 14.3 Å². The van der Waals surface area contributed by atoms with Crippen molar-refractivity contribution in [1.82, 2.24) is 10.2 Å². The third kappa shape index (κ3) is 4.60. The fourth-order valence-electron chi connectivity index (χ4n) is 3.18. The maximum Gasteiger partial charge on any atom is 0.338 e. The van der Waals surface area contributed by atoms with Crippen molar-refractivity contribution in [2.75, 3.05) is 11.5 Å². The van der Waals surface area contributed by atoms with Crippen LogP contribution in [0.4, 0.5) is 11.4 Å². The van der Waals surface area contributed by atoms with Gasteiger partial charge in [-0.1, -0.05) is 17.8 Å². The van der Waals surface area contributed by atoms with E-state index in [4.69, 9.17) is 9.15 Å². The summed E-state index contributed by atoms with van der Waals surface area (Å²) in [5.41, 5.74) is 0.885. The number of anilines is 1. The number of rotatable bonds is 7. The molecule has 11 nitrogen and oxygen atoms in total. The number of aromatic nitrogens is 2. The van der Waals surface area contributed by atoms with Crippen molar-refractivity contribution >= 4 is 40.9 Å². The Kier molecular flexibility index (Phi) is 6.18. The van der Waals surface area contributed by atoms with E-state index in [1.165, 1.54) is 42.5 Å². The van der Waals surface area contributed by atoms with E-state index >= 15 is 0 Å². The highest BCUT2D eigenvalue weighted by Crippen LogP contribution is 2.35. The van der Waals surface area contributed by atoms with Crippen molar-refractivity contribution in [3.63, 3.8) is 0 Å². The van der Waals surface area contributed by atoms with Crippen LogP contribution in [0.2, 0.25) is 0 Å². The minimum atomic E-state index is -0.777. The summed E-state index contributed by atoms with van der Waals surface area (Å²) in [6.07, 6.45) is -0.0718. The van der Waals surface area contributed by atoms with E-state index in [2.05, 4.69) is 10.2 Å². The lowest BCUT2D eigenvalue weighted by atomic mass is 10.2. The number of non-ortho nitro benzene ring substituents is 1. The third-order valence-electron chi connectivity index (χ3n) is 4.70. The van der Waals surface area contributed by atoms with Gasteiger partial charge in [-0.3, -0.25) is 19.7 Å². The molecule has 0 spiro atoms. The number of ether oxygens (including phenoxy) is 1. The zero-order chi connectivity index (χ0) is 23.5. The Morgan fingerprint density at radius 3 is 2.70 bits per heavy atom. The van der Waals surface area contributed by atoms with Crippen molar-refractivity contribution in [2.45, 2.75) is 23.8 Å². The highest BCUT2D eigenvalue weighted by Gasteiger charge is 2.41. The number of benzene rings is 2. The van der Waals surface area contributed by atoms with Gasteiger partial charge in [0.1, 0.15) is 5.25 Å². The van der Waals surface area contributed by atoms with E-state index < -0.39 is 28.0 Å². The number of carbonyl (C=O) groups is 3. The average Bonchev–Trinajstić information content (AvgIpc) is 3.38. The third-order valence-corrected chi connectivity index (χ3v) is 5.71. The van der Waals surface area contributed by atoms with Crippen LogP contribution in [0.1, 0.15) is 23.7 Å². The summed E-state index contributed by atoms with van der Waals surface area (Å²) in [6.45, 7) is 1.93. The van der Waals surface area contributed by atoms with Gasteiger partial charge < -0.3 is 9.15 Å². The quantitative estimate of drug-likeness (QED) is 0.219. The molecule has 168 valence electrons. The minimum Gasteiger partial charge on any atom is -0.462 e. The van der Waals surface area contributed by atoms with E-state index in [1.807, 2.05) is 0 Å². The summed E-state index contributed by atoms with van der Waals surface area (Å²) in [6, 6.07) is 11.7. The van der Waals surface area contributed by atoms with Crippen LogP contribution in [0, 0.1) is 10.1 Å². The maximum atomic E-state index is 12.9. The van der Waals surface area contributed by atoms with Gasteiger partial charge in [0.05, 0.1) is 22.8 Å². The number of nitro groups is 1. The molecule has 1 aromatic heterocycles. The number of carbonyl (C=O) groups excluding carboxylic acids is 3. The first-order chi connectivity index (χ1) is 15.9. The van der Waals surface area contributed by atoms with Gasteiger partial charge >= 0.3 is 5.97 Å². The van der Waals surface area contributed by atoms with E-state index in [9.17, 15) is 24.5 Å². The Bertz CT molecular complexity index is 1240. The Morgan fingerprint density at radius 1 is 1.24 bits per heavy atom. The number of imide groups is 1. The number of nitrogens with zero attached hydrogens (tertiary/aromatic N) is 4. The summed E-state index contributed by atoms with van der Waals surface area (Å²) in [7, 11) is 0. The monoisotopic (exact) mass is 468 g/mol. The molecule has 0 radical (unpaired) electrons. The first-order valence-electron chi connectivity index (χ1n) is 9.76. The van der Waals surface area contributed by atoms with Crippen LogP contribution in [0.15, 0.2) is 58.2 Å². The maximum absolute atomic E-state index is 12.9. The molecule has 1 saturated heterocycles. The average molecular weight is 468 g/mol. The first-order valence-corrected chi connectivity index (χ1v) is 10.6. The molecule has 0 aliphatic carbocycles. The Morgan fingerprint density at radius 2 is 2.00 bits per heavy atom. The molecule has 0 N–H and O–H groups in total. The summed E-state index contributed by atoms with van der Waals surface area (Å²) in [5.74, 6) is -1.29. The smallest absolute Gasteiger partial charge is 0.338 e. The predicted molar refractivity (Wildman–Crippen MR) is 116 cm³/mol. The van der Waals surface area contributed by atoms with Crippen LogP contribution in [0.3, 0.4) is 0 Å². The summed E-state index contributed by atoms with van der Waals surface area (Å²) >= 11 is 0.942. The van der Waals surface area contributed by atoms with Gasteiger partial charge in [-0.15, -0.1) is 10.2 Å². The molecule has 33 heavy (non-hydrogen) atoms. The van der Waals surface area contributed by atoms with Gasteiger partial charge in [-0.05, 0) is 37.3 Å². The highest BCUT2D eigenvalue weighted by atomic mass is 32.2. The molecule has 3 aromatic rings. The van der Waals surface area contributed by atoms with Gasteiger partial charge in [0.2, 0.25) is 17.7 Å². The van der Waals surface area contributed by atoms with Crippen molar-refractivity contribution < 1.29 is 28.5 Å².